The Labute approximate surface area is 89.3 Å². The molecular weight excluding hydrogens is 192 g/mol. The van der Waals surface area contributed by atoms with Crippen LogP contribution in [0.2, 0.25) is 0 Å². The van der Waals surface area contributed by atoms with Crippen LogP contribution in [0.1, 0.15) is 20.8 Å². The summed E-state index contributed by atoms with van der Waals surface area (Å²) < 4.78 is 0. The van der Waals surface area contributed by atoms with Crippen LogP contribution in [0.3, 0.4) is 0 Å². The molecule has 0 radical (unpaired) electrons. The highest BCUT2D eigenvalue weighted by atomic mass is 16.2. The van der Waals surface area contributed by atoms with E-state index in [1.165, 1.54) is 0 Å². The fourth-order valence-electron chi connectivity index (χ4n) is 1.14. The molecule has 0 aliphatic rings. The Morgan fingerprint density at radius 3 is 2.53 bits per heavy atom. The van der Waals surface area contributed by atoms with Crippen LogP contribution in [0, 0.1) is 0 Å². The summed E-state index contributed by atoms with van der Waals surface area (Å²) in [6.07, 6.45) is 3.17. The second-order valence-corrected chi connectivity index (χ2v) is 3.68. The lowest BCUT2D eigenvalue weighted by molar-refractivity contribution is -0.121. The normalized spacial score (nSPS) is 11.1. The summed E-state index contributed by atoms with van der Waals surface area (Å²) in [5.74, 6) is 0.184. The van der Waals surface area contributed by atoms with E-state index in [2.05, 4.69) is 20.6 Å². The number of likely N-dealkylation sites (N-methyl/N-ethyl adjacent to an activating group) is 1. The van der Waals surface area contributed by atoms with Crippen molar-refractivity contribution in [3.63, 3.8) is 0 Å². The zero-order chi connectivity index (χ0) is 11.3. The molecule has 0 unspecified atom stereocenters. The molecule has 0 aliphatic heterocycles. The number of aromatic nitrogens is 2. The van der Waals surface area contributed by atoms with Crippen LogP contribution in [-0.4, -0.2) is 28.0 Å². The molecule has 15 heavy (non-hydrogen) atoms. The van der Waals surface area contributed by atoms with Gasteiger partial charge in [0, 0.05) is 12.4 Å². The maximum Gasteiger partial charge on any atom is 0.246 e. The third-order valence-electron chi connectivity index (χ3n) is 1.98. The van der Waals surface area contributed by atoms with Crippen LogP contribution in [0.15, 0.2) is 18.5 Å². The summed E-state index contributed by atoms with van der Waals surface area (Å²) in [6, 6.07) is 1.70. The first-order valence-corrected chi connectivity index (χ1v) is 4.90. The molecule has 0 bridgehead atoms. The molecule has 0 aromatic carbocycles. The zero-order valence-corrected chi connectivity index (χ0v) is 9.24. The third-order valence-corrected chi connectivity index (χ3v) is 1.98. The van der Waals surface area contributed by atoms with Crippen molar-refractivity contribution in [2.75, 3.05) is 11.9 Å². The van der Waals surface area contributed by atoms with E-state index in [4.69, 9.17) is 0 Å². The number of anilines is 1. The van der Waals surface area contributed by atoms with E-state index in [1.807, 2.05) is 20.8 Å². The second-order valence-electron chi connectivity index (χ2n) is 3.68. The van der Waals surface area contributed by atoms with Gasteiger partial charge in [-0.3, -0.25) is 10.1 Å². The van der Waals surface area contributed by atoms with Crippen LogP contribution < -0.4 is 10.6 Å². The topological polar surface area (TPSA) is 66.9 Å². The van der Waals surface area contributed by atoms with Crippen molar-refractivity contribution >= 4 is 11.9 Å². The molecule has 5 heteroatoms. The Morgan fingerprint density at radius 2 is 2.00 bits per heavy atom. The van der Waals surface area contributed by atoms with Gasteiger partial charge in [0.1, 0.15) is 0 Å². The molecule has 0 aliphatic carbocycles. The van der Waals surface area contributed by atoms with Crippen LogP contribution in [0.25, 0.3) is 0 Å². The monoisotopic (exact) mass is 208 g/mol. The van der Waals surface area contributed by atoms with Crippen LogP contribution in [0.5, 0.6) is 0 Å². The van der Waals surface area contributed by atoms with Gasteiger partial charge in [-0.25, -0.2) is 9.97 Å². The molecular formula is C10H16N4O. The quantitative estimate of drug-likeness (QED) is 0.768. The third kappa shape index (κ3) is 3.28. The fourth-order valence-corrected chi connectivity index (χ4v) is 1.14. The number of nitrogens with one attached hydrogen (secondary N) is 2. The van der Waals surface area contributed by atoms with Gasteiger partial charge in [-0.15, -0.1) is 0 Å². The number of hydrogen-bond acceptors (Lipinski definition) is 4. The number of carbonyl (C=O) groups excluding carboxylic acids is 1. The molecule has 0 saturated carbocycles. The molecule has 2 N–H and O–H groups in total. The molecule has 1 amide bonds. The molecule has 1 rings (SSSR count). The zero-order valence-electron chi connectivity index (χ0n) is 9.24. The predicted octanol–water partition coefficient (Wildman–Crippen LogP) is 0.803. The molecule has 0 spiro atoms. The summed E-state index contributed by atoms with van der Waals surface area (Å²) >= 11 is 0. The van der Waals surface area contributed by atoms with E-state index in [-0.39, 0.29) is 5.91 Å². The highest BCUT2D eigenvalue weighted by molar-refractivity contribution is 5.96. The van der Waals surface area contributed by atoms with Crippen LogP contribution in [0.4, 0.5) is 5.95 Å². The maximum absolute atomic E-state index is 11.8. The van der Waals surface area contributed by atoms with E-state index < -0.39 is 5.54 Å². The summed E-state index contributed by atoms with van der Waals surface area (Å²) in [7, 11) is 0. The van der Waals surface area contributed by atoms with Crippen molar-refractivity contribution in [3.05, 3.63) is 18.5 Å². The minimum Gasteiger partial charge on any atom is -0.304 e. The fraction of sp³-hybridized carbons (Fsp3) is 0.500. The summed E-state index contributed by atoms with van der Waals surface area (Å²) in [5.41, 5.74) is -0.617. The average Bonchev–Trinajstić information content (AvgIpc) is 2.19. The van der Waals surface area contributed by atoms with Crippen molar-refractivity contribution in [1.29, 1.82) is 0 Å². The first-order chi connectivity index (χ1) is 7.06. The van der Waals surface area contributed by atoms with Crippen molar-refractivity contribution in [3.8, 4) is 0 Å². The minimum atomic E-state index is -0.617. The van der Waals surface area contributed by atoms with Gasteiger partial charge in [-0.2, -0.15) is 0 Å². The molecule has 82 valence electrons. The Kier molecular flexibility index (Phi) is 3.74. The average molecular weight is 208 g/mol. The van der Waals surface area contributed by atoms with Gasteiger partial charge in [0.2, 0.25) is 11.9 Å². The lowest BCUT2D eigenvalue weighted by atomic mass is 10.1. The number of hydrogen-bond donors (Lipinski definition) is 2. The largest absolute Gasteiger partial charge is 0.304 e. The van der Waals surface area contributed by atoms with E-state index in [1.54, 1.807) is 18.5 Å². The van der Waals surface area contributed by atoms with Crippen molar-refractivity contribution in [1.82, 2.24) is 15.3 Å². The van der Waals surface area contributed by atoms with Gasteiger partial charge >= 0.3 is 0 Å². The predicted molar refractivity (Wildman–Crippen MR) is 58.4 cm³/mol. The van der Waals surface area contributed by atoms with Gasteiger partial charge in [-0.05, 0) is 26.5 Å². The van der Waals surface area contributed by atoms with Crippen LogP contribution >= 0.6 is 0 Å². The highest BCUT2D eigenvalue weighted by Crippen LogP contribution is 2.05. The summed E-state index contributed by atoms with van der Waals surface area (Å²) in [4.78, 5) is 19.6. The molecule has 1 heterocycles. The molecule has 0 saturated heterocycles. The summed E-state index contributed by atoms with van der Waals surface area (Å²) in [6.45, 7) is 6.31. The molecule has 1 aromatic heterocycles. The van der Waals surface area contributed by atoms with Crippen molar-refractivity contribution < 1.29 is 4.79 Å². The number of nitrogens with zero attached hydrogens (tertiary/aromatic N) is 2. The Hall–Kier alpha value is -1.49. The highest BCUT2D eigenvalue weighted by Gasteiger charge is 2.26. The smallest absolute Gasteiger partial charge is 0.246 e. The van der Waals surface area contributed by atoms with E-state index in [0.29, 0.717) is 5.95 Å². The first kappa shape index (κ1) is 11.6. The van der Waals surface area contributed by atoms with E-state index >= 15 is 0 Å². The van der Waals surface area contributed by atoms with E-state index in [0.717, 1.165) is 6.54 Å². The van der Waals surface area contributed by atoms with Crippen LogP contribution in [-0.2, 0) is 4.79 Å². The van der Waals surface area contributed by atoms with Crippen molar-refractivity contribution in [2.45, 2.75) is 26.3 Å². The Bertz CT molecular complexity index is 323. The molecule has 5 nitrogen and oxygen atoms in total. The molecule has 1 aromatic rings. The summed E-state index contributed by atoms with van der Waals surface area (Å²) in [5, 5.41) is 5.72. The molecule has 0 atom stereocenters. The SMILES string of the molecule is CCNC(C)(C)C(=O)Nc1ncccn1. The minimum absolute atomic E-state index is 0.143. The van der Waals surface area contributed by atoms with Gasteiger partial charge < -0.3 is 5.32 Å². The standard InChI is InChI=1S/C10H16N4O/c1-4-13-10(2,3)8(15)14-9-11-6-5-7-12-9/h5-7,13H,4H2,1-3H3,(H,11,12,14,15). The second kappa shape index (κ2) is 4.84. The van der Waals surface area contributed by atoms with E-state index in [9.17, 15) is 4.79 Å². The number of rotatable bonds is 4. The lowest BCUT2D eigenvalue weighted by Crippen LogP contribution is -2.49. The maximum atomic E-state index is 11.8. The van der Waals surface area contributed by atoms with Gasteiger partial charge in [-0.1, -0.05) is 6.92 Å². The first-order valence-electron chi connectivity index (χ1n) is 4.90. The van der Waals surface area contributed by atoms with Gasteiger partial charge in [0.25, 0.3) is 0 Å². The number of carbonyl (C=O) groups is 1. The molecule has 0 fully saturated rings. The van der Waals surface area contributed by atoms with Gasteiger partial charge in [0.15, 0.2) is 0 Å². The Balaban J connectivity index is 2.63. The number of amides is 1. The Morgan fingerprint density at radius 1 is 1.40 bits per heavy atom. The lowest BCUT2D eigenvalue weighted by Gasteiger charge is -2.23. The van der Waals surface area contributed by atoms with Gasteiger partial charge in [0.05, 0.1) is 5.54 Å². The van der Waals surface area contributed by atoms with Crippen molar-refractivity contribution in [2.24, 2.45) is 0 Å².